The quantitative estimate of drug-likeness (QED) is 0.254. The topological polar surface area (TPSA) is 12.5 Å². The third-order valence-electron chi connectivity index (χ3n) is 5.04. The van der Waals surface area contributed by atoms with Crippen molar-refractivity contribution < 1.29 is 21.6 Å². The molecule has 1 heterocycles. The minimum absolute atomic E-state index is 0. The molecule has 1 aliphatic heterocycles. The second-order valence-electron chi connectivity index (χ2n) is 7.10. The third kappa shape index (κ3) is 10.1. The fourth-order valence-corrected chi connectivity index (χ4v) is 3.42. The highest BCUT2D eigenvalue weighted by Gasteiger charge is 2.31. The molecule has 0 spiro atoms. The van der Waals surface area contributed by atoms with E-state index in [2.05, 4.69) is 20.8 Å². The number of hydrogen-bond donors (Lipinski definition) is 0. The monoisotopic (exact) mass is 333 g/mol. The lowest BCUT2D eigenvalue weighted by atomic mass is 10.1. The maximum absolute atomic E-state index is 5.47. The molecule has 0 N–H and O–H groups in total. The van der Waals surface area contributed by atoms with Gasteiger partial charge in [0.2, 0.25) is 0 Å². The van der Waals surface area contributed by atoms with Crippen LogP contribution in [-0.2, 0) is 4.74 Å². The SMILES string of the molecule is CCCCC[N+](CCCCC)(CCCCC)CCC1CO1.[Cl-]. The molecule has 1 rings (SSSR count). The van der Waals surface area contributed by atoms with Crippen molar-refractivity contribution in [3.63, 3.8) is 0 Å². The molecule has 0 amide bonds. The Hall–Kier alpha value is 0.210. The molecule has 0 aromatic rings. The molecule has 1 atom stereocenters. The Labute approximate surface area is 146 Å². The standard InChI is InChI=1S/C19H40NO.ClH/c1-4-7-10-14-20(15-11-8-5-2,16-12-9-6-3)17-13-19-18-21-19;/h19H,4-18H2,1-3H3;1H/q+1;/p-1. The summed E-state index contributed by atoms with van der Waals surface area (Å²) >= 11 is 0. The van der Waals surface area contributed by atoms with Gasteiger partial charge in [-0.2, -0.15) is 0 Å². The average Bonchev–Trinajstić information content (AvgIpc) is 3.30. The average molecular weight is 334 g/mol. The molecule has 3 heteroatoms. The van der Waals surface area contributed by atoms with Crippen molar-refractivity contribution >= 4 is 0 Å². The van der Waals surface area contributed by atoms with E-state index in [1.165, 1.54) is 94.9 Å². The molecule has 2 nitrogen and oxygen atoms in total. The molecular formula is C19H40ClNO. The fourth-order valence-electron chi connectivity index (χ4n) is 3.42. The van der Waals surface area contributed by atoms with Crippen LogP contribution in [0.3, 0.4) is 0 Å². The van der Waals surface area contributed by atoms with Crippen molar-refractivity contribution in [2.45, 2.75) is 91.1 Å². The molecule has 1 fully saturated rings. The third-order valence-corrected chi connectivity index (χ3v) is 5.04. The van der Waals surface area contributed by atoms with Crippen LogP contribution in [0.25, 0.3) is 0 Å². The van der Waals surface area contributed by atoms with Crippen molar-refractivity contribution in [2.24, 2.45) is 0 Å². The summed E-state index contributed by atoms with van der Waals surface area (Å²) in [6.45, 7) is 13.6. The van der Waals surface area contributed by atoms with Gasteiger partial charge in [-0.25, -0.2) is 0 Å². The number of ether oxygens (including phenoxy) is 1. The zero-order chi connectivity index (χ0) is 15.4. The molecule has 0 radical (unpaired) electrons. The number of unbranched alkanes of at least 4 members (excludes halogenated alkanes) is 6. The Morgan fingerprint density at radius 2 is 1.14 bits per heavy atom. The highest BCUT2D eigenvalue weighted by molar-refractivity contribution is 4.68. The van der Waals surface area contributed by atoms with Crippen LogP contribution < -0.4 is 12.4 Å². The van der Waals surface area contributed by atoms with E-state index < -0.39 is 0 Å². The molecule has 134 valence electrons. The van der Waals surface area contributed by atoms with E-state index in [0.717, 1.165) is 6.61 Å². The van der Waals surface area contributed by atoms with Gasteiger partial charge in [0, 0.05) is 6.42 Å². The van der Waals surface area contributed by atoms with Gasteiger partial charge in [0.25, 0.3) is 0 Å². The van der Waals surface area contributed by atoms with E-state index in [9.17, 15) is 0 Å². The van der Waals surface area contributed by atoms with Crippen LogP contribution in [0.5, 0.6) is 0 Å². The van der Waals surface area contributed by atoms with Crippen LogP contribution >= 0.6 is 0 Å². The summed E-state index contributed by atoms with van der Waals surface area (Å²) in [5.41, 5.74) is 0. The summed E-state index contributed by atoms with van der Waals surface area (Å²) in [6, 6.07) is 0. The first-order chi connectivity index (χ1) is 10.3. The second-order valence-corrected chi connectivity index (χ2v) is 7.10. The van der Waals surface area contributed by atoms with Gasteiger partial charge in [-0.1, -0.05) is 40.0 Å². The number of halogens is 1. The lowest BCUT2D eigenvalue weighted by Crippen LogP contribution is -3.00. The van der Waals surface area contributed by atoms with Gasteiger partial charge in [-0.05, 0) is 38.5 Å². The number of nitrogens with zero attached hydrogens (tertiary/aromatic N) is 1. The summed E-state index contributed by atoms with van der Waals surface area (Å²) in [4.78, 5) is 0. The Balaban J connectivity index is 0.00000441. The number of quaternary nitrogens is 1. The predicted molar refractivity (Wildman–Crippen MR) is 92.7 cm³/mol. The van der Waals surface area contributed by atoms with Crippen LogP contribution in [0.2, 0.25) is 0 Å². The van der Waals surface area contributed by atoms with E-state index >= 15 is 0 Å². The molecule has 0 saturated carbocycles. The maximum atomic E-state index is 5.47. The molecule has 0 aromatic carbocycles. The second kappa shape index (κ2) is 13.6. The first-order valence-electron chi connectivity index (χ1n) is 9.73. The van der Waals surface area contributed by atoms with Crippen molar-refractivity contribution in [3.05, 3.63) is 0 Å². The number of hydrogen-bond acceptors (Lipinski definition) is 1. The normalized spacial score (nSPS) is 17.3. The Morgan fingerprint density at radius 3 is 1.45 bits per heavy atom. The molecule has 0 aromatic heterocycles. The summed E-state index contributed by atoms with van der Waals surface area (Å²) in [5, 5.41) is 0. The largest absolute Gasteiger partial charge is 1.00 e. The Morgan fingerprint density at radius 1 is 0.727 bits per heavy atom. The lowest BCUT2D eigenvalue weighted by molar-refractivity contribution is -0.929. The molecule has 0 bridgehead atoms. The summed E-state index contributed by atoms with van der Waals surface area (Å²) in [6.07, 6.45) is 14.4. The van der Waals surface area contributed by atoms with Gasteiger partial charge in [0.15, 0.2) is 0 Å². The number of epoxide rings is 1. The van der Waals surface area contributed by atoms with Crippen LogP contribution in [0.1, 0.15) is 85.0 Å². The minimum Gasteiger partial charge on any atom is -1.00 e. The van der Waals surface area contributed by atoms with E-state index in [1.54, 1.807) is 0 Å². The van der Waals surface area contributed by atoms with Gasteiger partial charge in [0.05, 0.1) is 38.9 Å². The van der Waals surface area contributed by atoms with Gasteiger partial charge in [-0.3, -0.25) is 0 Å². The van der Waals surface area contributed by atoms with Gasteiger partial charge < -0.3 is 21.6 Å². The summed E-state index contributed by atoms with van der Waals surface area (Å²) in [5.74, 6) is 0. The molecule has 1 saturated heterocycles. The van der Waals surface area contributed by atoms with Crippen LogP contribution in [0, 0.1) is 0 Å². The zero-order valence-electron chi connectivity index (χ0n) is 15.4. The maximum Gasteiger partial charge on any atom is 0.0863 e. The first-order valence-corrected chi connectivity index (χ1v) is 9.73. The van der Waals surface area contributed by atoms with E-state index in [0.29, 0.717) is 6.10 Å². The van der Waals surface area contributed by atoms with Crippen LogP contribution in [-0.4, -0.2) is 43.4 Å². The Kier molecular flexibility index (Phi) is 13.8. The van der Waals surface area contributed by atoms with Gasteiger partial charge >= 0.3 is 0 Å². The van der Waals surface area contributed by atoms with Gasteiger partial charge in [-0.15, -0.1) is 0 Å². The lowest BCUT2D eigenvalue weighted by Gasteiger charge is -2.39. The van der Waals surface area contributed by atoms with E-state index in [-0.39, 0.29) is 12.4 Å². The number of rotatable bonds is 15. The van der Waals surface area contributed by atoms with E-state index in [1.807, 2.05) is 0 Å². The van der Waals surface area contributed by atoms with Crippen molar-refractivity contribution in [2.75, 3.05) is 32.8 Å². The zero-order valence-corrected chi connectivity index (χ0v) is 16.2. The fraction of sp³-hybridized carbons (Fsp3) is 1.00. The first kappa shape index (κ1) is 22.2. The highest BCUT2D eigenvalue weighted by Crippen LogP contribution is 2.21. The van der Waals surface area contributed by atoms with Crippen molar-refractivity contribution in [1.82, 2.24) is 0 Å². The minimum atomic E-state index is 0. The van der Waals surface area contributed by atoms with Crippen molar-refractivity contribution in [3.8, 4) is 0 Å². The Bertz CT molecular complexity index is 217. The summed E-state index contributed by atoms with van der Waals surface area (Å²) in [7, 11) is 0. The molecule has 22 heavy (non-hydrogen) atoms. The van der Waals surface area contributed by atoms with Gasteiger partial charge in [0.1, 0.15) is 0 Å². The predicted octanol–water partition coefficient (Wildman–Crippen LogP) is 2.17. The van der Waals surface area contributed by atoms with Crippen LogP contribution in [0.4, 0.5) is 0 Å². The molecular weight excluding hydrogens is 294 g/mol. The van der Waals surface area contributed by atoms with Crippen molar-refractivity contribution in [1.29, 1.82) is 0 Å². The molecule has 0 aliphatic carbocycles. The van der Waals surface area contributed by atoms with Crippen LogP contribution in [0.15, 0.2) is 0 Å². The molecule has 1 aliphatic rings. The molecule has 1 unspecified atom stereocenters. The summed E-state index contributed by atoms with van der Waals surface area (Å²) < 4.78 is 6.86. The highest BCUT2D eigenvalue weighted by atomic mass is 35.5. The smallest absolute Gasteiger partial charge is 0.0863 e. The van der Waals surface area contributed by atoms with E-state index in [4.69, 9.17) is 4.74 Å².